The lowest BCUT2D eigenvalue weighted by molar-refractivity contribution is -0.152. The molecule has 35 heavy (non-hydrogen) atoms. The molecule has 2 aromatic carbocycles. The molecular formula is C28H35ClF2N2O2. The molecule has 190 valence electrons. The van der Waals surface area contributed by atoms with Crippen molar-refractivity contribution in [1.82, 2.24) is 9.80 Å². The first kappa shape index (κ1) is 26.1. The average molecular weight is 505 g/mol. The first-order valence-electron chi connectivity index (χ1n) is 12.3. The van der Waals surface area contributed by atoms with Crippen LogP contribution in [0.3, 0.4) is 0 Å². The lowest BCUT2D eigenvalue weighted by atomic mass is 9.70. The van der Waals surface area contributed by atoms with Crippen molar-refractivity contribution in [3.63, 3.8) is 0 Å². The van der Waals surface area contributed by atoms with E-state index in [2.05, 4.69) is 25.7 Å². The summed E-state index contributed by atoms with van der Waals surface area (Å²) in [5.74, 6) is -2.52. The summed E-state index contributed by atoms with van der Waals surface area (Å²) in [6.45, 7) is 12.0. The third kappa shape index (κ3) is 4.85. The normalized spacial score (nSPS) is 30.0. The van der Waals surface area contributed by atoms with Gasteiger partial charge in [-0.2, -0.15) is 0 Å². The number of amides is 1. The Morgan fingerprint density at radius 3 is 2.14 bits per heavy atom. The van der Waals surface area contributed by atoms with E-state index in [0.29, 0.717) is 36.8 Å². The van der Waals surface area contributed by atoms with Gasteiger partial charge in [0.15, 0.2) is 0 Å². The number of carbonyl (C=O) groups is 1. The highest BCUT2D eigenvalue weighted by Gasteiger charge is 2.50. The van der Waals surface area contributed by atoms with E-state index < -0.39 is 23.2 Å². The number of hydrogen-bond donors (Lipinski definition) is 1. The van der Waals surface area contributed by atoms with Gasteiger partial charge in [-0.1, -0.05) is 43.6 Å². The van der Waals surface area contributed by atoms with Crippen LogP contribution in [0, 0.1) is 29.4 Å². The molecule has 0 spiro atoms. The summed E-state index contributed by atoms with van der Waals surface area (Å²) < 4.78 is 28.4. The zero-order valence-electron chi connectivity index (χ0n) is 21.1. The molecular weight excluding hydrogens is 470 g/mol. The Kier molecular flexibility index (Phi) is 7.04. The third-order valence-electron chi connectivity index (χ3n) is 8.06. The Morgan fingerprint density at radius 1 is 1.00 bits per heavy atom. The molecule has 2 aliphatic heterocycles. The second-order valence-corrected chi connectivity index (χ2v) is 11.8. The number of likely N-dealkylation sites (tertiary alicyclic amines) is 2. The predicted octanol–water partition coefficient (Wildman–Crippen LogP) is 5.43. The minimum atomic E-state index is -1.09. The molecule has 2 aromatic rings. The molecule has 1 unspecified atom stereocenters. The van der Waals surface area contributed by atoms with E-state index in [4.69, 9.17) is 11.6 Å². The quantitative estimate of drug-likeness (QED) is 0.605. The number of hydrogen-bond acceptors (Lipinski definition) is 3. The van der Waals surface area contributed by atoms with Crippen LogP contribution in [0.5, 0.6) is 0 Å². The molecule has 0 bridgehead atoms. The maximum atomic E-state index is 14.8. The molecule has 2 heterocycles. The Morgan fingerprint density at radius 2 is 1.60 bits per heavy atom. The monoisotopic (exact) mass is 504 g/mol. The van der Waals surface area contributed by atoms with Crippen molar-refractivity contribution in [3.05, 3.63) is 70.2 Å². The number of piperidine rings is 1. The summed E-state index contributed by atoms with van der Waals surface area (Å²) in [5, 5.41) is 12.3. The summed E-state index contributed by atoms with van der Waals surface area (Å²) in [6, 6.07) is 10.9. The Hall–Kier alpha value is -2.02. The highest BCUT2D eigenvalue weighted by atomic mass is 35.5. The minimum absolute atomic E-state index is 0.0395. The van der Waals surface area contributed by atoms with Crippen LogP contribution in [0.1, 0.15) is 51.7 Å². The second kappa shape index (κ2) is 9.45. The van der Waals surface area contributed by atoms with Crippen LogP contribution in [-0.2, 0) is 10.4 Å². The van der Waals surface area contributed by atoms with Crippen LogP contribution in [0.4, 0.5) is 8.78 Å². The van der Waals surface area contributed by atoms with Crippen molar-refractivity contribution in [2.45, 2.75) is 51.7 Å². The fraction of sp³-hybridized carbons (Fsp3) is 0.536. The summed E-state index contributed by atoms with van der Waals surface area (Å²) in [5.41, 5.74) is -0.106. The number of benzene rings is 2. The summed E-state index contributed by atoms with van der Waals surface area (Å²) in [6.07, 6.45) is 0. The van der Waals surface area contributed by atoms with Crippen molar-refractivity contribution in [2.75, 3.05) is 26.2 Å². The zero-order valence-corrected chi connectivity index (χ0v) is 21.8. The lowest BCUT2D eigenvalue weighted by Gasteiger charge is -2.48. The Balaban J connectivity index is 1.61. The van der Waals surface area contributed by atoms with Gasteiger partial charge < -0.3 is 10.0 Å². The smallest absolute Gasteiger partial charge is 0.227 e. The molecule has 0 aliphatic carbocycles. The molecule has 2 fully saturated rings. The van der Waals surface area contributed by atoms with E-state index in [1.165, 1.54) is 12.1 Å². The van der Waals surface area contributed by atoms with E-state index in [1.54, 1.807) is 12.1 Å². The highest BCUT2D eigenvalue weighted by molar-refractivity contribution is 6.30. The molecule has 2 saturated heterocycles. The fourth-order valence-electron chi connectivity index (χ4n) is 5.92. The van der Waals surface area contributed by atoms with Crippen LogP contribution >= 0.6 is 11.6 Å². The first-order valence-corrected chi connectivity index (χ1v) is 12.7. The standard InChI is InChI=1S/C28H35ClF2N2O2/c1-17-13-32(14-18(2)28(17,35)19-6-8-20(29)9-7-19)26(34)24-16-33(27(3,4)5)15-23(24)22-11-10-21(30)12-25(22)31/h6-12,17-18,23-24,35H,13-16H2,1-5H3/t17-,18+,23-,24+,28?/m0/s1. The van der Waals surface area contributed by atoms with Gasteiger partial charge in [-0.05, 0) is 50.1 Å². The van der Waals surface area contributed by atoms with Gasteiger partial charge in [0, 0.05) is 60.6 Å². The largest absolute Gasteiger partial charge is 0.384 e. The molecule has 0 radical (unpaired) electrons. The number of nitrogens with zero attached hydrogens (tertiary/aromatic N) is 2. The molecule has 1 N–H and O–H groups in total. The third-order valence-corrected chi connectivity index (χ3v) is 8.31. The molecule has 7 heteroatoms. The van der Waals surface area contributed by atoms with Gasteiger partial charge in [-0.25, -0.2) is 8.78 Å². The van der Waals surface area contributed by atoms with Gasteiger partial charge in [0.2, 0.25) is 5.91 Å². The number of rotatable bonds is 3. The van der Waals surface area contributed by atoms with E-state index in [1.807, 2.05) is 30.9 Å². The van der Waals surface area contributed by atoms with E-state index in [9.17, 15) is 18.7 Å². The van der Waals surface area contributed by atoms with Gasteiger partial charge in [0.05, 0.1) is 11.5 Å². The number of halogens is 3. The van der Waals surface area contributed by atoms with Crippen molar-refractivity contribution < 1.29 is 18.7 Å². The fourth-order valence-corrected chi connectivity index (χ4v) is 6.05. The molecule has 1 amide bonds. The summed E-state index contributed by atoms with van der Waals surface area (Å²) in [4.78, 5) is 17.9. The first-order chi connectivity index (χ1) is 16.3. The van der Waals surface area contributed by atoms with E-state index >= 15 is 0 Å². The van der Waals surface area contributed by atoms with E-state index in [-0.39, 0.29) is 29.2 Å². The maximum absolute atomic E-state index is 14.8. The Labute approximate surface area is 211 Å². The van der Waals surface area contributed by atoms with Crippen LogP contribution in [0.2, 0.25) is 5.02 Å². The topological polar surface area (TPSA) is 43.8 Å². The van der Waals surface area contributed by atoms with Gasteiger partial charge >= 0.3 is 0 Å². The minimum Gasteiger partial charge on any atom is -0.384 e. The van der Waals surface area contributed by atoms with Crippen molar-refractivity contribution >= 4 is 17.5 Å². The molecule has 0 aromatic heterocycles. The van der Waals surface area contributed by atoms with Crippen LogP contribution < -0.4 is 0 Å². The van der Waals surface area contributed by atoms with E-state index in [0.717, 1.165) is 11.6 Å². The van der Waals surface area contributed by atoms with Crippen molar-refractivity contribution in [3.8, 4) is 0 Å². The molecule has 5 atom stereocenters. The lowest BCUT2D eigenvalue weighted by Crippen LogP contribution is -2.57. The van der Waals surface area contributed by atoms with Crippen molar-refractivity contribution in [2.24, 2.45) is 17.8 Å². The predicted molar refractivity (Wildman–Crippen MR) is 134 cm³/mol. The molecule has 4 rings (SSSR count). The van der Waals surface area contributed by atoms with Crippen LogP contribution in [0.15, 0.2) is 42.5 Å². The average Bonchev–Trinajstić information content (AvgIpc) is 3.23. The second-order valence-electron chi connectivity index (χ2n) is 11.3. The molecule has 2 aliphatic rings. The number of aliphatic hydroxyl groups is 1. The highest BCUT2D eigenvalue weighted by Crippen LogP contribution is 2.44. The van der Waals surface area contributed by atoms with Crippen LogP contribution in [-0.4, -0.2) is 52.5 Å². The Bertz CT molecular complexity index is 1070. The molecule has 4 nitrogen and oxygen atoms in total. The maximum Gasteiger partial charge on any atom is 0.227 e. The number of carbonyl (C=O) groups excluding carboxylic acids is 1. The summed E-state index contributed by atoms with van der Waals surface area (Å²) in [7, 11) is 0. The van der Waals surface area contributed by atoms with Gasteiger partial charge in [0.1, 0.15) is 11.6 Å². The van der Waals surface area contributed by atoms with Crippen molar-refractivity contribution in [1.29, 1.82) is 0 Å². The van der Waals surface area contributed by atoms with Gasteiger partial charge in [0.25, 0.3) is 0 Å². The summed E-state index contributed by atoms with van der Waals surface area (Å²) >= 11 is 6.05. The van der Waals surface area contributed by atoms with Gasteiger partial charge in [-0.15, -0.1) is 0 Å². The SMILES string of the molecule is C[C@@H]1CN(C(=O)[C@@H]2CN(C(C)(C)C)C[C@H]2c2ccc(F)cc2F)C[C@H](C)C1(O)c1ccc(Cl)cc1. The van der Waals surface area contributed by atoms with Crippen LogP contribution in [0.25, 0.3) is 0 Å². The molecule has 0 saturated carbocycles. The zero-order chi connectivity index (χ0) is 25.7. The van der Waals surface area contributed by atoms with Gasteiger partial charge in [-0.3, -0.25) is 9.69 Å².